The summed E-state index contributed by atoms with van der Waals surface area (Å²) in [6, 6.07) is 9.37. The number of benzene rings is 1. The van der Waals surface area contributed by atoms with Crippen LogP contribution in [0.15, 0.2) is 40.4 Å². The van der Waals surface area contributed by atoms with Crippen LogP contribution in [0.25, 0.3) is 0 Å². The molecule has 1 aromatic carbocycles. The van der Waals surface area contributed by atoms with Crippen LogP contribution in [0.1, 0.15) is 41.4 Å². The van der Waals surface area contributed by atoms with Gasteiger partial charge in [-0.1, -0.05) is 23.9 Å². The Morgan fingerprint density at radius 1 is 1.28 bits per heavy atom. The van der Waals surface area contributed by atoms with Crippen LogP contribution < -0.4 is 5.43 Å². The minimum absolute atomic E-state index is 0.223. The standard InChI is InChI=1S/C19H21FN4S/c1-12-9-17(13(2)24(12)16-7-8-16)18-11-25-19(23-22-18)21-10-14-3-5-15(20)6-4-14/h3-6,9,16H,7-8,10-11H2,1-2H3,(H,21,23). The van der Waals surface area contributed by atoms with Crippen molar-refractivity contribution in [3.63, 3.8) is 0 Å². The summed E-state index contributed by atoms with van der Waals surface area (Å²) in [7, 11) is 0. The molecule has 4 nitrogen and oxygen atoms in total. The molecule has 0 unspecified atom stereocenters. The Kier molecular flexibility index (Phi) is 4.37. The molecule has 130 valence electrons. The summed E-state index contributed by atoms with van der Waals surface area (Å²) in [5.41, 5.74) is 9.00. The number of hydrogen-bond acceptors (Lipinski definition) is 3. The maximum Gasteiger partial charge on any atom is 0.177 e. The first-order chi connectivity index (χ1) is 12.1. The molecule has 4 rings (SSSR count). The van der Waals surface area contributed by atoms with Gasteiger partial charge in [0.15, 0.2) is 5.17 Å². The van der Waals surface area contributed by atoms with E-state index < -0.39 is 0 Å². The van der Waals surface area contributed by atoms with Gasteiger partial charge in [-0.3, -0.25) is 10.4 Å². The summed E-state index contributed by atoms with van der Waals surface area (Å²) in [4.78, 5) is 4.53. The molecule has 0 atom stereocenters. The fourth-order valence-electron chi connectivity index (χ4n) is 3.25. The number of amidine groups is 1. The molecule has 0 spiro atoms. The number of hydrogen-bond donors (Lipinski definition) is 1. The molecule has 0 bridgehead atoms. The Morgan fingerprint density at radius 2 is 2.04 bits per heavy atom. The van der Waals surface area contributed by atoms with Gasteiger partial charge in [0.05, 0.1) is 12.3 Å². The number of halogens is 1. The van der Waals surface area contributed by atoms with Gasteiger partial charge in [-0.25, -0.2) is 4.39 Å². The van der Waals surface area contributed by atoms with Crippen molar-refractivity contribution in [3.8, 4) is 0 Å². The van der Waals surface area contributed by atoms with Gasteiger partial charge in [0.1, 0.15) is 5.82 Å². The van der Waals surface area contributed by atoms with Gasteiger partial charge in [0.25, 0.3) is 0 Å². The molecule has 0 radical (unpaired) electrons. The minimum Gasteiger partial charge on any atom is -0.345 e. The summed E-state index contributed by atoms with van der Waals surface area (Å²) in [6.07, 6.45) is 2.57. The topological polar surface area (TPSA) is 41.7 Å². The molecule has 2 aliphatic rings. The maximum absolute atomic E-state index is 12.9. The van der Waals surface area contributed by atoms with Crippen LogP contribution >= 0.6 is 11.8 Å². The van der Waals surface area contributed by atoms with Crippen LogP contribution in [-0.2, 0) is 6.54 Å². The first-order valence-electron chi connectivity index (χ1n) is 8.55. The number of nitrogens with one attached hydrogen (secondary N) is 1. The lowest BCUT2D eigenvalue weighted by atomic mass is 10.1. The highest BCUT2D eigenvalue weighted by atomic mass is 32.2. The average molecular weight is 356 g/mol. The van der Waals surface area contributed by atoms with Gasteiger partial charge >= 0.3 is 0 Å². The van der Waals surface area contributed by atoms with Crippen LogP contribution in [0.4, 0.5) is 4.39 Å². The Balaban J connectivity index is 1.46. The van der Waals surface area contributed by atoms with Crippen molar-refractivity contribution in [2.24, 2.45) is 10.1 Å². The first-order valence-corrected chi connectivity index (χ1v) is 9.53. The quantitative estimate of drug-likeness (QED) is 0.893. The highest BCUT2D eigenvalue weighted by molar-refractivity contribution is 8.14. The predicted octanol–water partition coefficient (Wildman–Crippen LogP) is 4.18. The van der Waals surface area contributed by atoms with Gasteiger partial charge in [-0.05, 0) is 50.5 Å². The second kappa shape index (κ2) is 6.67. The van der Waals surface area contributed by atoms with E-state index in [9.17, 15) is 4.39 Å². The normalized spacial score (nSPS) is 19.0. The van der Waals surface area contributed by atoms with E-state index in [4.69, 9.17) is 0 Å². The molecule has 2 heterocycles. The fraction of sp³-hybridized carbons (Fsp3) is 0.368. The summed E-state index contributed by atoms with van der Waals surface area (Å²) in [5, 5.41) is 5.35. The van der Waals surface area contributed by atoms with Crippen LogP contribution in [0, 0.1) is 19.7 Å². The summed E-state index contributed by atoms with van der Waals surface area (Å²) >= 11 is 1.66. The number of thioether (sulfide) groups is 1. The van der Waals surface area contributed by atoms with E-state index >= 15 is 0 Å². The van der Waals surface area contributed by atoms with E-state index in [1.54, 1.807) is 23.9 Å². The molecule has 1 fully saturated rings. The molecule has 1 aliphatic carbocycles. The van der Waals surface area contributed by atoms with Gasteiger partial charge in [0.2, 0.25) is 0 Å². The van der Waals surface area contributed by atoms with Crippen molar-refractivity contribution >= 4 is 22.6 Å². The third-order valence-corrected chi connectivity index (χ3v) is 5.57. The first kappa shape index (κ1) is 16.4. The largest absolute Gasteiger partial charge is 0.345 e. The zero-order chi connectivity index (χ0) is 17.4. The highest BCUT2D eigenvalue weighted by Crippen LogP contribution is 2.38. The fourth-order valence-corrected chi connectivity index (χ4v) is 4.01. The summed E-state index contributed by atoms with van der Waals surface area (Å²) in [5.74, 6) is 0.587. The van der Waals surface area contributed by atoms with Crippen LogP contribution in [0.3, 0.4) is 0 Å². The smallest absolute Gasteiger partial charge is 0.177 e. The molecule has 25 heavy (non-hydrogen) atoms. The van der Waals surface area contributed by atoms with Gasteiger partial charge < -0.3 is 4.57 Å². The molecule has 1 aromatic heterocycles. The molecular weight excluding hydrogens is 335 g/mol. The molecule has 0 amide bonds. The van der Waals surface area contributed by atoms with Crippen molar-refractivity contribution < 1.29 is 4.39 Å². The lowest BCUT2D eigenvalue weighted by Gasteiger charge is -2.15. The van der Waals surface area contributed by atoms with E-state index in [1.165, 1.54) is 41.9 Å². The van der Waals surface area contributed by atoms with E-state index in [0.717, 1.165) is 22.2 Å². The van der Waals surface area contributed by atoms with E-state index in [2.05, 4.69) is 40.0 Å². The predicted molar refractivity (Wildman–Crippen MR) is 102 cm³/mol. The second-order valence-corrected chi connectivity index (χ2v) is 7.56. The van der Waals surface area contributed by atoms with Gasteiger partial charge in [0, 0.05) is 28.7 Å². The van der Waals surface area contributed by atoms with E-state index in [0.29, 0.717) is 12.6 Å². The highest BCUT2D eigenvalue weighted by Gasteiger charge is 2.28. The van der Waals surface area contributed by atoms with E-state index in [1.807, 2.05) is 0 Å². The third-order valence-electron chi connectivity index (χ3n) is 4.66. The Morgan fingerprint density at radius 3 is 2.68 bits per heavy atom. The Hall–Kier alpha value is -2.08. The lowest BCUT2D eigenvalue weighted by Crippen LogP contribution is -2.25. The van der Waals surface area contributed by atoms with Gasteiger partial charge in [-0.15, -0.1) is 0 Å². The molecule has 2 aromatic rings. The molecule has 0 saturated heterocycles. The minimum atomic E-state index is -0.223. The van der Waals surface area contributed by atoms with Crippen molar-refractivity contribution in [2.75, 3.05) is 5.75 Å². The summed E-state index contributed by atoms with van der Waals surface area (Å²) in [6.45, 7) is 4.89. The third kappa shape index (κ3) is 3.49. The van der Waals surface area contributed by atoms with E-state index in [-0.39, 0.29) is 5.82 Å². The number of aliphatic imine (C=N–C) groups is 1. The van der Waals surface area contributed by atoms with Crippen molar-refractivity contribution in [1.82, 2.24) is 9.99 Å². The zero-order valence-corrected chi connectivity index (χ0v) is 15.2. The molecule has 6 heteroatoms. The molecule has 1 N–H and O–H groups in total. The second-order valence-electron chi connectivity index (χ2n) is 6.59. The number of nitrogens with zero attached hydrogens (tertiary/aromatic N) is 3. The molecule has 1 saturated carbocycles. The van der Waals surface area contributed by atoms with Crippen molar-refractivity contribution in [3.05, 3.63) is 58.7 Å². The molecule has 1 aliphatic heterocycles. The monoisotopic (exact) mass is 356 g/mol. The SMILES string of the molecule is Cc1cc(C2=NNC(=NCc3ccc(F)cc3)SC2)c(C)n1C1CC1. The Bertz CT molecular complexity index is 847. The maximum atomic E-state index is 12.9. The lowest BCUT2D eigenvalue weighted by molar-refractivity contribution is 0.627. The average Bonchev–Trinajstić information content (AvgIpc) is 3.40. The molecular formula is C19H21FN4S. The van der Waals surface area contributed by atoms with Crippen LogP contribution in [0.2, 0.25) is 0 Å². The van der Waals surface area contributed by atoms with Crippen LogP contribution in [-0.4, -0.2) is 21.2 Å². The number of aryl methyl sites for hydroxylation is 1. The van der Waals surface area contributed by atoms with Crippen molar-refractivity contribution in [2.45, 2.75) is 39.3 Å². The number of hydrazone groups is 1. The summed E-state index contributed by atoms with van der Waals surface area (Å²) < 4.78 is 15.4. The van der Waals surface area contributed by atoms with Crippen LogP contribution in [0.5, 0.6) is 0 Å². The Labute approximate surface area is 151 Å². The number of rotatable bonds is 4. The number of aromatic nitrogens is 1. The van der Waals surface area contributed by atoms with Crippen molar-refractivity contribution in [1.29, 1.82) is 0 Å². The van der Waals surface area contributed by atoms with Gasteiger partial charge in [-0.2, -0.15) is 5.10 Å². The zero-order valence-electron chi connectivity index (χ0n) is 14.4.